The average Bonchev–Trinajstić information content (AvgIpc) is 2.85. The summed E-state index contributed by atoms with van der Waals surface area (Å²) >= 11 is 0. The van der Waals surface area contributed by atoms with Crippen LogP contribution >= 0.6 is 0 Å². The summed E-state index contributed by atoms with van der Waals surface area (Å²) in [5.74, 6) is 2.05. The third kappa shape index (κ3) is 1.53. The van der Waals surface area contributed by atoms with Crippen LogP contribution in [0.4, 0.5) is 0 Å². The lowest BCUT2D eigenvalue weighted by atomic mass is 9.91. The molecule has 1 heterocycles. The smallest absolute Gasteiger partial charge is 0.123 e. The molecule has 2 nitrogen and oxygen atoms in total. The van der Waals surface area contributed by atoms with Crippen molar-refractivity contribution in [3.05, 3.63) is 0 Å². The van der Waals surface area contributed by atoms with Gasteiger partial charge in [0, 0.05) is 5.92 Å². The normalized spacial score (nSPS) is 38.1. The molecule has 2 unspecified atom stereocenters. The molecule has 68 valence electrons. The van der Waals surface area contributed by atoms with Crippen LogP contribution in [0.1, 0.15) is 19.3 Å². The van der Waals surface area contributed by atoms with Gasteiger partial charge in [-0.05, 0) is 51.2 Å². The number of rotatable bonds is 2. The highest BCUT2D eigenvalue weighted by Gasteiger charge is 2.42. The minimum absolute atomic E-state index is 0.429. The van der Waals surface area contributed by atoms with Crippen LogP contribution in [0, 0.1) is 17.8 Å². The molecule has 0 aromatic heterocycles. The number of aldehydes is 1. The van der Waals surface area contributed by atoms with Crippen LogP contribution in [-0.2, 0) is 4.79 Å². The molecule has 1 saturated heterocycles. The zero-order valence-electron chi connectivity index (χ0n) is 7.70. The maximum atomic E-state index is 10.5. The van der Waals surface area contributed by atoms with E-state index in [0.29, 0.717) is 5.92 Å². The molecule has 12 heavy (non-hydrogen) atoms. The number of hydrogen-bond donors (Lipinski definition) is 0. The molecule has 2 aliphatic rings. The van der Waals surface area contributed by atoms with Crippen LogP contribution in [0.25, 0.3) is 0 Å². The van der Waals surface area contributed by atoms with Gasteiger partial charge >= 0.3 is 0 Å². The Morgan fingerprint density at radius 1 is 1.33 bits per heavy atom. The molecule has 2 heteroatoms. The van der Waals surface area contributed by atoms with E-state index < -0.39 is 0 Å². The van der Waals surface area contributed by atoms with E-state index in [1.165, 1.54) is 32.4 Å². The Balaban J connectivity index is 1.79. The van der Waals surface area contributed by atoms with Crippen molar-refractivity contribution in [1.29, 1.82) is 0 Å². The Hall–Kier alpha value is -0.370. The molecule has 1 aliphatic heterocycles. The SMILES string of the molecule is CN1CCC(C2CC2C=O)CC1. The highest BCUT2D eigenvalue weighted by Crippen LogP contribution is 2.46. The third-order valence-corrected chi connectivity index (χ3v) is 3.43. The van der Waals surface area contributed by atoms with Crippen molar-refractivity contribution in [2.45, 2.75) is 19.3 Å². The van der Waals surface area contributed by atoms with Gasteiger partial charge in [0.05, 0.1) is 0 Å². The van der Waals surface area contributed by atoms with Crippen LogP contribution in [0.15, 0.2) is 0 Å². The number of carbonyl (C=O) groups excluding carboxylic acids is 1. The highest BCUT2D eigenvalue weighted by molar-refractivity contribution is 5.58. The van der Waals surface area contributed by atoms with Crippen LogP contribution in [0.5, 0.6) is 0 Å². The quantitative estimate of drug-likeness (QED) is 0.575. The van der Waals surface area contributed by atoms with Crippen molar-refractivity contribution < 1.29 is 4.79 Å². The van der Waals surface area contributed by atoms with E-state index in [0.717, 1.165) is 18.1 Å². The lowest BCUT2D eigenvalue weighted by Crippen LogP contribution is -2.31. The van der Waals surface area contributed by atoms with Gasteiger partial charge in [-0.25, -0.2) is 0 Å². The van der Waals surface area contributed by atoms with Gasteiger partial charge in [-0.1, -0.05) is 0 Å². The fourth-order valence-corrected chi connectivity index (χ4v) is 2.39. The van der Waals surface area contributed by atoms with Gasteiger partial charge in [0.15, 0.2) is 0 Å². The number of piperidine rings is 1. The van der Waals surface area contributed by atoms with Crippen LogP contribution in [0.2, 0.25) is 0 Å². The maximum Gasteiger partial charge on any atom is 0.123 e. The summed E-state index contributed by atoms with van der Waals surface area (Å²) < 4.78 is 0. The molecule has 0 aromatic carbocycles. The van der Waals surface area contributed by atoms with E-state index in [1.807, 2.05) is 0 Å². The van der Waals surface area contributed by atoms with Crippen LogP contribution < -0.4 is 0 Å². The molecule has 1 aliphatic carbocycles. The number of nitrogens with zero attached hydrogens (tertiary/aromatic N) is 1. The van der Waals surface area contributed by atoms with Gasteiger partial charge in [-0.15, -0.1) is 0 Å². The second-order valence-electron chi connectivity index (χ2n) is 4.34. The van der Waals surface area contributed by atoms with Crippen molar-refractivity contribution in [3.8, 4) is 0 Å². The summed E-state index contributed by atoms with van der Waals surface area (Å²) in [4.78, 5) is 12.9. The minimum atomic E-state index is 0.429. The standard InChI is InChI=1S/C10H17NO/c1-11-4-2-8(3-5-11)10-6-9(10)7-12/h7-10H,2-6H2,1H3. The highest BCUT2D eigenvalue weighted by atomic mass is 16.1. The van der Waals surface area contributed by atoms with Gasteiger partial charge in [-0.2, -0.15) is 0 Å². The lowest BCUT2D eigenvalue weighted by molar-refractivity contribution is -0.109. The Labute approximate surface area is 73.9 Å². The molecule has 0 aromatic rings. The Bertz CT molecular complexity index is 173. The monoisotopic (exact) mass is 167 g/mol. The first-order valence-electron chi connectivity index (χ1n) is 4.95. The Morgan fingerprint density at radius 3 is 2.50 bits per heavy atom. The average molecular weight is 167 g/mol. The summed E-state index contributed by atoms with van der Waals surface area (Å²) in [6.45, 7) is 2.46. The molecule has 1 saturated carbocycles. The Kier molecular flexibility index (Phi) is 2.18. The van der Waals surface area contributed by atoms with Crippen LogP contribution in [0.3, 0.4) is 0 Å². The molecule has 0 N–H and O–H groups in total. The molecule has 0 radical (unpaired) electrons. The predicted octanol–water partition coefficient (Wildman–Crippen LogP) is 1.16. The zero-order chi connectivity index (χ0) is 8.55. The fraction of sp³-hybridized carbons (Fsp3) is 0.900. The summed E-state index contributed by atoms with van der Waals surface area (Å²) in [7, 11) is 2.18. The van der Waals surface area contributed by atoms with Crippen molar-refractivity contribution in [1.82, 2.24) is 4.90 Å². The molecular weight excluding hydrogens is 150 g/mol. The van der Waals surface area contributed by atoms with E-state index in [-0.39, 0.29) is 0 Å². The molecule has 0 bridgehead atoms. The van der Waals surface area contributed by atoms with Gasteiger partial charge in [-0.3, -0.25) is 0 Å². The lowest BCUT2D eigenvalue weighted by Gasteiger charge is -2.28. The van der Waals surface area contributed by atoms with Crippen molar-refractivity contribution >= 4 is 6.29 Å². The summed E-state index contributed by atoms with van der Waals surface area (Å²) in [5.41, 5.74) is 0. The van der Waals surface area contributed by atoms with E-state index in [1.54, 1.807) is 0 Å². The number of hydrogen-bond acceptors (Lipinski definition) is 2. The second kappa shape index (κ2) is 3.17. The van der Waals surface area contributed by atoms with E-state index in [2.05, 4.69) is 11.9 Å². The van der Waals surface area contributed by atoms with Crippen molar-refractivity contribution in [3.63, 3.8) is 0 Å². The summed E-state index contributed by atoms with van der Waals surface area (Å²) in [6, 6.07) is 0. The third-order valence-electron chi connectivity index (χ3n) is 3.43. The molecule has 2 fully saturated rings. The maximum absolute atomic E-state index is 10.5. The summed E-state index contributed by atoms with van der Waals surface area (Å²) in [6.07, 6.45) is 4.96. The molecule has 0 spiro atoms. The van der Waals surface area contributed by atoms with Gasteiger partial charge in [0.2, 0.25) is 0 Å². The van der Waals surface area contributed by atoms with Crippen molar-refractivity contribution in [2.75, 3.05) is 20.1 Å². The van der Waals surface area contributed by atoms with Gasteiger partial charge in [0.25, 0.3) is 0 Å². The predicted molar refractivity (Wildman–Crippen MR) is 47.9 cm³/mol. The molecular formula is C10H17NO. The topological polar surface area (TPSA) is 20.3 Å². The van der Waals surface area contributed by atoms with E-state index in [4.69, 9.17) is 0 Å². The number of likely N-dealkylation sites (tertiary alicyclic amines) is 1. The first kappa shape index (κ1) is 8.24. The summed E-state index contributed by atoms with van der Waals surface area (Å²) in [5, 5.41) is 0. The number of carbonyl (C=O) groups is 1. The molecule has 2 rings (SSSR count). The first-order valence-corrected chi connectivity index (χ1v) is 4.95. The van der Waals surface area contributed by atoms with Gasteiger partial charge < -0.3 is 9.69 Å². The first-order chi connectivity index (χ1) is 5.81. The second-order valence-corrected chi connectivity index (χ2v) is 4.34. The van der Waals surface area contributed by atoms with Gasteiger partial charge in [0.1, 0.15) is 6.29 Å². The largest absolute Gasteiger partial charge is 0.306 e. The van der Waals surface area contributed by atoms with E-state index in [9.17, 15) is 4.79 Å². The van der Waals surface area contributed by atoms with E-state index >= 15 is 0 Å². The minimum Gasteiger partial charge on any atom is -0.306 e. The van der Waals surface area contributed by atoms with Crippen molar-refractivity contribution in [2.24, 2.45) is 17.8 Å². The Morgan fingerprint density at radius 2 is 2.00 bits per heavy atom. The van der Waals surface area contributed by atoms with Crippen LogP contribution in [-0.4, -0.2) is 31.3 Å². The fourth-order valence-electron chi connectivity index (χ4n) is 2.39. The molecule has 0 amide bonds. The zero-order valence-corrected chi connectivity index (χ0v) is 7.70. The molecule has 2 atom stereocenters.